The van der Waals surface area contributed by atoms with Crippen molar-refractivity contribution in [2.45, 2.75) is 51.4 Å². The first-order valence-corrected chi connectivity index (χ1v) is 13.5. The number of anilines is 1. The number of methoxy groups -OCH3 is 1. The van der Waals surface area contributed by atoms with E-state index in [1.165, 1.54) is 12.8 Å². The summed E-state index contributed by atoms with van der Waals surface area (Å²) in [6.45, 7) is 1.24. The highest BCUT2D eigenvalue weighted by Crippen LogP contribution is 2.34. The fraction of sp³-hybridized carbons (Fsp3) is 0.458. The van der Waals surface area contributed by atoms with Gasteiger partial charge in [-0.2, -0.15) is 0 Å². The predicted molar refractivity (Wildman–Crippen MR) is 136 cm³/mol. The zero-order valence-electron chi connectivity index (χ0n) is 19.0. The largest absolute Gasteiger partial charge is 0.497 e. The highest BCUT2D eigenvalue weighted by atomic mass is 35.5. The number of nitrogens with zero attached hydrogens (tertiary/aromatic N) is 1. The Labute approximate surface area is 200 Å². The van der Waals surface area contributed by atoms with E-state index >= 15 is 0 Å². The van der Waals surface area contributed by atoms with Crippen LogP contribution in [-0.2, 0) is 4.57 Å². The zero-order chi connectivity index (χ0) is 23.7. The molecule has 0 spiro atoms. The molecule has 3 rings (SSSR count). The van der Waals surface area contributed by atoms with Gasteiger partial charge < -0.3 is 19.8 Å². The molecule has 3 aromatic rings. The van der Waals surface area contributed by atoms with Gasteiger partial charge in [-0.25, -0.2) is 14.6 Å². The summed E-state index contributed by atoms with van der Waals surface area (Å²) in [6.07, 6.45) is 8.64. The molecule has 4 N–H and O–H groups in total. The van der Waals surface area contributed by atoms with Crippen LogP contribution in [0.4, 0.5) is 5.69 Å². The summed E-state index contributed by atoms with van der Waals surface area (Å²) < 4.78 is 16.1. The number of pyridine rings is 1. The minimum absolute atomic E-state index is 0.367. The number of ether oxygens (including phenoxy) is 1. The quantitative estimate of drug-likeness (QED) is 0.119. The molecule has 0 radical (unpaired) electrons. The van der Waals surface area contributed by atoms with E-state index in [0.717, 1.165) is 78.3 Å². The Hall–Kier alpha value is -1.89. The minimum Gasteiger partial charge on any atom is -0.497 e. The van der Waals surface area contributed by atoms with Gasteiger partial charge >= 0.3 is 7.75 Å². The monoisotopic (exact) mass is 493 g/mol. The summed E-state index contributed by atoms with van der Waals surface area (Å²) in [5, 5.41) is 8.63. The fourth-order valence-electron chi connectivity index (χ4n) is 3.96. The van der Waals surface area contributed by atoms with Gasteiger partial charge in [-0.1, -0.05) is 50.1 Å². The van der Waals surface area contributed by atoms with Gasteiger partial charge in [0.15, 0.2) is 0 Å². The molecular weight excluding hydrogens is 461 g/mol. The Morgan fingerprint density at radius 2 is 1.55 bits per heavy atom. The van der Waals surface area contributed by atoms with Crippen molar-refractivity contribution in [1.82, 2.24) is 10.1 Å². The molecule has 2 aromatic carbocycles. The first-order valence-electron chi connectivity index (χ1n) is 11.5. The molecular formula is C24H33ClN3O4P. The third kappa shape index (κ3) is 8.13. The lowest BCUT2D eigenvalue weighted by molar-refractivity contribution is 0.356. The molecule has 7 nitrogen and oxygen atoms in total. The molecule has 0 saturated heterocycles. The average molecular weight is 494 g/mol. The number of nitrogens with one attached hydrogen (secondary N) is 2. The van der Waals surface area contributed by atoms with Crippen molar-refractivity contribution < 1.29 is 19.1 Å². The Bertz CT molecular complexity index is 1110. The van der Waals surface area contributed by atoms with E-state index in [0.29, 0.717) is 11.6 Å². The van der Waals surface area contributed by atoms with Gasteiger partial charge in [-0.3, -0.25) is 0 Å². The fourth-order valence-corrected chi connectivity index (χ4v) is 4.58. The van der Waals surface area contributed by atoms with Crippen molar-refractivity contribution in [1.29, 1.82) is 0 Å². The SMILES string of the molecule is COc1ccc2nc3cc(Cl)ccc3c(NCCCCCCCCCCNP(=O)(O)O)c2c1. The molecule has 1 aromatic heterocycles. The topological polar surface area (TPSA) is 104 Å². The number of halogens is 1. The van der Waals surface area contributed by atoms with Crippen LogP contribution in [0.25, 0.3) is 21.8 Å². The van der Waals surface area contributed by atoms with Crippen LogP contribution in [0.1, 0.15) is 51.4 Å². The second kappa shape index (κ2) is 12.5. The second-order valence-corrected chi connectivity index (χ2v) is 10.1. The molecule has 0 amide bonds. The molecule has 33 heavy (non-hydrogen) atoms. The summed E-state index contributed by atoms with van der Waals surface area (Å²) in [5.41, 5.74) is 2.84. The van der Waals surface area contributed by atoms with E-state index in [2.05, 4.69) is 10.4 Å². The molecule has 0 atom stereocenters. The van der Waals surface area contributed by atoms with Gasteiger partial charge in [0.2, 0.25) is 0 Å². The Kier molecular flexibility index (Phi) is 9.78. The summed E-state index contributed by atoms with van der Waals surface area (Å²) >= 11 is 6.20. The maximum atomic E-state index is 10.7. The van der Waals surface area contributed by atoms with E-state index < -0.39 is 7.75 Å². The predicted octanol–water partition coefficient (Wildman–Crippen LogP) is 6.27. The van der Waals surface area contributed by atoms with Crippen LogP contribution >= 0.6 is 19.3 Å². The van der Waals surface area contributed by atoms with Crippen LogP contribution in [0.3, 0.4) is 0 Å². The molecule has 0 unspecified atom stereocenters. The van der Waals surface area contributed by atoms with Crippen LogP contribution in [0, 0.1) is 0 Å². The van der Waals surface area contributed by atoms with E-state index in [-0.39, 0.29) is 0 Å². The van der Waals surface area contributed by atoms with Gasteiger partial charge in [-0.05, 0) is 49.2 Å². The molecule has 0 aliphatic heterocycles. The first-order chi connectivity index (χ1) is 15.9. The molecule has 0 fully saturated rings. The standard InChI is InChI=1S/C24H33ClN3O4P/c1-32-19-11-13-22-21(17-19)24(20-12-10-18(25)16-23(20)28-22)26-14-8-6-4-2-3-5-7-9-15-27-33(29,30)31/h10-13,16-17H,2-9,14-15H2,1H3,(H,26,28)(H3,27,29,30,31). The number of unbranched alkanes of at least 4 members (excludes halogenated alkanes) is 7. The first kappa shape index (κ1) is 25.7. The van der Waals surface area contributed by atoms with Crippen molar-refractivity contribution >= 4 is 46.8 Å². The van der Waals surface area contributed by atoms with Crippen molar-refractivity contribution in [3.05, 3.63) is 41.4 Å². The molecule has 0 aliphatic rings. The van der Waals surface area contributed by atoms with Crippen molar-refractivity contribution in [2.24, 2.45) is 0 Å². The summed E-state index contributed by atoms with van der Waals surface area (Å²) in [7, 11) is -2.40. The maximum Gasteiger partial charge on any atom is 0.400 e. The third-order valence-electron chi connectivity index (χ3n) is 5.67. The van der Waals surface area contributed by atoms with Crippen LogP contribution in [0.2, 0.25) is 5.02 Å². The van der Waals surface area contributed by atoms with E-state index in [9.17, 15) is 4.57 Å². The molecule has 0 bridgehead atoms. The summed E-state index contributed by atoms with van der Waals surface area (Å²) in [4.78, 5) is 22.3. The minimum atomic E-state index is -4.07. The highest BCUT2D eigenvalue weighted by molar-refractivity contribution is 7.49. The van der Waals surface area contributed by atoms with Crippen molar-refractivity contribution in [2.75, 3.05) is 25.5 Å². The third-order valence-corrected chi connectivity index (χ3v) is 6.54. The molecule has 9 heteroatoms. The number of hydrogen-bond acceptors (Lipinski definition) is 4. The van der Waals surface area contributed by atoms with Crippen molar-refractivity contribution in [3.8, 4) is 5.75 Å². The van der Waals surface area contributed by atoms with E-state index in [1.807, 2.05) is 36.4 Å². The number of rotatable bonds is 14. The smallest absolute Gasteiger partial charge is 0.400 e. The van der Waals surface area contributed by atoms with Crippen LogP contribution in [0.15, 0.2) is 36.4 Å². The molecule has 1 heterocycles. The van der Waals surface area contributed by atoms with E-state index in [4.69, 9.17) is 31.1 Å². The van der Waals surface area contributed by atoms with Crippen LogP contribution < -0.4 is 15.1 Å². The zero-order valence-corrected chi connectivity index (χ0v) is 20.7. The van der Waals surface area contributed by atoms with Crippen LogP contribution in [-0.4, -0.2) is 35.0 Å². The Morgan fingerprint density at radius 1 is 0.879 bits per heavy atom. The van der Waals surface area contributed by atoms with Gasteiger partial charge in [0.05, 0.1) is 23.8 Å². The number of hydrogen-bond donors (Lipinski definition) is 4. The number of fused-ring (bicyclic) bond motifs is 2. The Balaban J connectivity index is 1.45. The highest BCUT2D eigenvalue weighted by Gasteiger charge is 2.11. The Morgan fingerprint density at radius 3 is 2.21 bits per heavy atom. The molecule has 180 valence electrons. The maximum absolute atomic E-state index is 10.7. The van der Waals surface area contributed by atoms with Gasteiger partial charge in [0.1, 0.15) is 5.75 Å². The number of aromatic nitrogens is 1. The van der Waals surface area contributed by atoms with Crippen molar-refractivity contribution in [3.63, 3.8) is 0 Å². The van der Waals surface area contributed by atoms with Gasteiger partial charge in [0.25, 0.3) is 0 Å². The number of benzene rings is 2. The lowest BCUT2D eigenvalue weighted by Gasteiger charge is -2.14. The average Bonchev–Trinajstić information content (AvgIpc) is 2.78. The van der Waals surface area contributed by atoms with Gasteiger partial charge in [0, 0.05) is 28.9 Å². The second-order valence-electron chi connectivity index (χ2n) is 8.24. The molecule has 0 saturated carbocycles. The van der Waals surface area contributed by atoms with E-state index in [1.54, 1.807) is 7.11 Å². The lowest BCUT2D eigenvalue weighted by Crippen LogP contribution is -2.10. The van der Waals surface area contributed by atoms with Gasteiger partial charge in [-0.15, -0.1) is 0 Å². The van der Waals surface area contributed by atoms with Crippen LogP contribution in [0.5, 0.6) is 5.75 Å². The lowest BCUT2D eigenvalue weighted by atomic mass is 10.1. The summed E-state index contributed by atoms with van der Waals surface area (Å²) in [5.74, 6) is 0.804. The molecule has 0 aliphatic carbocycles. The normalized spacial score (nSPS) is 11.9. The summed E-state index contributed by atoms with van der Waals surface area (Å²) in [6, 6.07) is 11.7.